The number of ether oxygens (including phenoxy) is 1. The minimum Gasteiger partial charge on any atom is -0.381 e. The molecule has 4 aliphatic rings. The van der Waals surface area contributed by atoms with Gasteiger partial charge in [0, 0.05) is 57.0 Å². The van der Waals surface area contributed by atoms with Gasteiger partial charge in [0.05, 0.1) is 0 Å². The predicted molar refractivity (Wildman–Crippen MR) is 85.9 cm³/mol. The van der Waals surface area contributed by atoms with Gasteiger partial charge in [0.2, 0.25) is 17.7 Å². The molecule has 4 fully saturated rings. The second kappa shape index (κ2) is 6.14. The van der Waals surface area contributed by atoms with E-state index in [0.29, 0.717) is 30.2 Å². The Balaban J connectivity index is 1.38. The minimum atomic E-state index is -0.132. The van der Waals surface area contributed by atoms with E-state index in [9.17, 15) is 14.4 Å². The molecular formula is C18H26N2O4. The minimum absolute atomic E-state index is 0.108. The Kier molecular flexibility index (Phi) is 4.11. The van der Waals surface area contributed by atoms with Crippen molar-refractivity contribution < 1.29 is 19.1 Å². The van der Waals surface area contributed by atoms with Crippen LogP contribution in [0.1, 0.15) is 51.4 Å². The number of carbonyl (C=O) groups is 3. The average Bonchev–Trinajstić information content (AvgIpc) is 2.83. The van der Waals surface area contributed by atoms with Gasteiger partial charge in [0.15, 0.2) is 0 Å². The van der Waals surface area contributed by atoms with Crippen LogP contribution < -0.4 is 0 Å². The van der Waals surface area contributed by atoms with Crippen molar-refractivity contribution >= 4 is 17.7 Å². The molecule has 6 heteroatoms. The summed E-state index contributed by atoms with van der Waals surface area (Å²) in [5, 5.41) is 0. The molecule has 4 rings (SSSR count). The van der Waals surface area contributed by atoms with Gasteiger partial charge in [-0.25, -0.2) is 0 Å². The van der Waals surface area contributed by atoms with Crippen LogP contribution in [-0.4, -0.2) is 59.9 Å². The van der Waals surface area contributed by atoms with Crippen LogP contribution >= 0.6 is 0 Å². The third kappa shape index (κ3) is 2.55. The fraction of sp³-hybridized carbons (Fsp3) is 0.833. The quantitative estimate of drug-likeness (QED) is 0.728. The lowest BCUT2D eigenvalue weighted by atomic mass is 9.54. The summed E-state index contributed by atoms with van der Waals surface area (Å²) in [6, 6.07) is 0.354. The van der Waals surface area contributed by atoms with Crippen LogP contribution in [0.25, 0.3) is 0 Å². The molecule has 0 aromatic rings. The number of imide groups is 1. The van der Waals surface area contributed by atoms with E-state index in [-0.39, 0.29) is 30.7 Å². The Bertz CT molecular complexity index is 535. The van der Waals surface area contributed by atoms with E-state index in [2.05, 4.69) is 0 Å². The lowest BCUT2D eigenvalue weighted by molar-refractivity contribution is -0.183. The Morgan fingerprint density at radius 2 is 1.79 bits per heavy atom. The molecule has 1 aliphatic carbocycles. The summed E-state index contributed by atoms with van der Waals surface area (Å²) in [7, 11) is 0. The molecule has 3 aliphatic heterocycles. The van der Waals surface area contributed by atoms with Gasteiger partial charge in [-0.3, -0.25) is 19.3 Å². The molecule has 1 saturated carbocycles. The lowest BCUT2D eigenvalue weighted by Crippen LogP contribution is -2.71. The second-order valence-electron chi connectivity index (χ2n) is 7.82. The number of likely N-dealkylation sites (tertiary alicyclic amines) is 2. The number of hydrogen-bond acceptors (Lipinski definition) is 4. The zero-order valence-corrected chi connectivity index (χ0v) is 14.2. The summed E-state index contributed by atoms with van der Waals surface area (Å²) in [6.07, 6.45) is 6.70. The van der Waals surface area contributed by atoms with Crippen LogP contribution in [0, 0.1) is 11.3 Å². The molecule has 3 amide bonds. The highest BCUT2D eigenvalue weighted by Gasteiger charge is 2.59. The summed E-state index contributed by atoms with van der Waals surface area (Å²) in [5.41, 5.74) is 0.358. The maximum atomic E-state index is 12.7. The fourth-order valence-corrected chi connectivity index (χ4v) is 5.09. The highest BCUT2D eigenvalue weighted by atomic mass is 16.5. The van der Waals surface area contributed by atoms with Crippen LogP contribution in [0.5, 0.6) is 0 Å². The number of nitrogens with zero attached hydrogens (tertiary/aromatic N) is 2. The van der Waals surface area contributed by atoms with Crippen molar-refractivity contribution in [3.63, 3.8) is 0 Å². The van der Waals surface area contributed by atoms with Gasteiger partial charge in [-0.15, -0.1) is 0 Å². The van der Waals surface area contributed by atoms with Crippen molar-refractivity contribution in [2.45, 2.75) is 57.4 Å². The first-order valence-electron chi connectivity index (χ1n) is 9.31. The SMILES string of the molecule is O=C1CCC(=O)N1CCC(=O)N1CC2(CCC2)C1C1CCOCC1. The topological polar surface area (TPSA) is 66.9 Å². The molecule has 3 saturated heterocycles. The zero-order chi connectivity index (χ0) is 16.7. The van der Waals surface area contributed by atoms with Gasteiger partial charge in [-0.05, 0) is 31.6 Å². The lowest BCUT2D eigenvalue weighted by Gasteiger charge is -2.65. The first kappa shape index (κ1) is 16.1. The van der Waals surface area contributed by atoms with E-state index < -0.39 is 0 Å². The molecule has 24 heavy (non-hydrogen) atoms. The zero-order valence-electron chi connectivity index (χ0n) is 14.2. The molecule has 0 bridgehead atoms. The molecular weight excluding hydrogens is 308 g/mol. The molecule has 0 aromatic heterocycles. The number of carbonyl (C=O) groups excluding carboxylic acids is 3. The van der Waals surface area contributed by atoms with Crippen molar-refractivity contribution in [3.05, 3.63) is 0 Å². The fourth-order valence-electron chi connectivity index (χ4n) is 5.09. The number of rotatable bonds is 4. The molecule has 3 heterocycles. The van der Waals surface area contributed by atoms with E-state index in [1.165, 1.54) is 24.2 Å². The number of amides is 3. The number of hydrogen-bond donors (Lipinski definition) is 0. The largest absolute Gasteiger partial charge is 0.381 e. The maximum Gasteiger partial charge on any atom is 0.229 e. The summed E-state index contributed by atoms with van der Waals surface area (Å²) in [4.78, 5) is 39.4. The van der Waals surface area contributed by atoms with E-state index >= 15 is 0 Å². The van der Waals surface area contributed by atoms with Crippen molar-refractivity contribution in [2.24, 2.45) is 11.3 Å². The Morgan fingerprint density at radius 3 is 2.38 bits per heavy atom. The van der Waals surface area contributed by atoms with Crippen molar-refractivity contribution in [1.82, 2.24) is 9.80 Å². The Hall–Kier alpha value is -1.43. The molecule has 1 spiro atoms. The van der Waals surface area contributed by atoms with Gasteiger partial charge < -0.3 is 9.64 Å². The normalized spacial score (nSPS) is 29.8. The highest BCUT2D eigenvalue weighted by molar-refractivity contribution is 6.02. The first-order chi connectivity index (χ1) is 11.6. The van der Waals surface area contributed by atoms with Crippen molar-refractivity contribution in [2.75, 3.05) is 26.3 Å². The summed E-state index contributed by atoms with van der Waals surface area (Å²) in [5.74, 6) is 0.393. The molecule has 6 nitrogen and oxygen atoms in total. The first-order valence-corrected chi connectivity index (χ1v) is 9.31. The third-order valence-electron chi connectivity index (χ3n) is 6.53. The van der Waals surface area contributed by atoms with Gasteiger partial charge >= 0.3 is 0 Å². The smallest absolute Gasteiger partial charge is 0.229 e. The van der Waals surface area contributed by atoms with E-state index in [4.69, 9.17) is 4.74 Å². The second-order valence-corrected chi connectivity index (χ2v) is 7.82. The molecule has 0 N–H and O–H groups in total. The highest BCUT2D eigenvalue weighted by Crippen LogP contribution is 2.56. The molecule has 1 unspecified atom stereocenters. The van der Waals surface area contributed by atoms with Crippen LogP contribution in [0.3, 0.4) is 0 Å². The van der Waals surface area contributed by atoms with E-state index in [1.807, 2.05) is 4.90 Å². The van der Waals surface area contributed by atoms with Crippen LogP contribution in [-0.2, 0) is 19.1 Å². The Morgan fingerprint density at radius 1 is 1.12 bits per heavy atom. The van der Waals surface area contributed by atoms with E-state index in [0.717, 1.165) is 32.6 Å². The van der Waals surface area contributed by atoms with Crippen LogP contribution in [0.15, 0.2) is 0 Å². The summed E-state index contributed by atoms with van der Waals surface area (Å²) in [6.45, 7) is 2.72. The third-order valence-corrected chi connectivity index (χ3v) is 6.53. The van der Waals surface area contributed by atoms with Gasteiger partial charge in [0.25, 0.3) is 0 Å². The average molecular weight is 334 g/mol. The molecule has 1 atom stereocenters. The van der Waals surface area contributed by atoms with Crippen LogP contribution in [0.4, 0.5) is 0 Å². The van der Waals surface area contributed by atoms with E-state index in [1.54, 1.807) is 0 Å². The summed E-state index contributed by atoms with van der Waals surface area (Å²) >= 11 is 0. The maximum absolute atomic E-state index is 12.7. The van der Waals surface area contributed by atoms with Crippen LogP contribution in [0.2, 0.25) is 0 Å². The van der Waals surface area contributed by atoms with Gasteiger partial charge in [-0.2, -0.15) is 0 Å². The monoisotopic (exact) mass is 334 g/mol. The predicted octanol–water partition coefficient (Wildman–Crippen LogP) is 1.33. The molecule has 132 valence electrons. The van der Waals surface area contributed by atoms with Crippen molar-refractivity contribution in [1.29, 1.82) is 0 Å². The molecule has 0 aromatic carbocycles. The standard InChI is InChI=1S/C18H26N2O4/c21-14-2-3-15(22)19(14)9-4-16(23)20-12-18(7-1-8-18)17(20)13-5-10-24-11-6-13/h13,17H,1-12H2. The van der Waals surface area contributed by atoms with Gasteiger partial charge in [0.1, 0.15) is 0 Å². The summed E-state index contributed by atoms with van der Waals surface area (Å²) < 4.78 is 5.49. The van der Waals surface area contributed by atoms with Crippen molar-refractivity contribution in [3.8, 4) is 0 Å². The van der Waals surface area contributed by atoms with Gasteiger partial charge in [-0.1, -0.05) is 6.42 Å². The Labute approximate surface area is 142 Å². The molecule has 0 radical (unpaired) electrons.